The number of nitrogens with one attached hydrogen (secondary N) is 2. The van der Waals surface area contributed by atoms with Crippen LogP contribution in [0.25, 0.3) is 20.4 Å². The minimum atomic E-state index is -4.47. The number of urea groups is 1. The summed E-state index contributed by atoms with van der Waals surface area (Å²) < 4.78 is 40.2. The van der Waals surface area contributed by atoms with Gasteiger partial charge in [0.25, 0.3) is 0 Å². The average molecular weight is 408 g/mol. The Kier molecular flexibility index (Phi) is 4.23. The molecule has 0 saturated carbocycles. The molecule has 0 saturated heterocycles. The van der Waals surface area contributed by atoms with Crippen LogP contribution in [0.3, 0.4) is 0 Å². The molecule has 5 nitrogen and oxygen atoms in total. The maximum atomic E-state index is 12.8. The Balaban J connectivity index is 1.55. The quantitative estimate of drug-likeness (QED) is 0.435. The van der Waals surface area contributed by atoms with Gasteiger partial charge in [0.1, 0.15) is 0 Å². The largest absolute Gasteiger partial charge is 0.416 e. The fourth-order valence-electron chi connectivity index (χ4n) is 2.57. The topological polar surface area (TPSA) is 66.9 Å². The van der Waals surface area contributed by atoms with Crippen molar-refractivity contribution >= 4 is 60.0 Å². The Bertz CT molecular complexity index is 1170. The summed E-state index contributed by atoms with van der Waals surface area (Å²) in [5.41, 5.74) is 0.811. The molecule has 0 spiro atoms. The fraction of sp³-hybridized carbons (Fsp3) is 0.118. The summed E-state index contributed by atoms with van der Waals surface area (Å²) in [7, 11) is 0. The lowest BCUT2D eigenvalue weighted by molar-refractivity contribution is -0.137. The van der Waals surface area contributed by atoms with Crippen molar-refractivity contribution in [2.75, 3.05) is 10.6 Å². The lowest BCUT2D eigenvalue weighted by Crippen LogP contribution is -2.19. The second kappa shape index (κ2) is 6.46. The maximum absolute atomic E-state index is 12.8. The highest BCUT2D eigenvalue weighted by Gasteiger charge is 2.30. The number of hydrogen-bond donors (Lipinski definition) is 2. The van der Waals surface area contributed by atoms with Crippen LogP contribution in [0.5, 0.6) is 0 Å². The molecular formula is C17H11F3N4OS2. The van der Waals surface area contributed by atoms with Crippen LogP contribution in [0.2, 0.25) is 0 Å². The van der Waals surface area contributed by atoms with Crippen molar-refractivity contribution in [1.82, 2.24) is 9.97 Å². The summed E-state index contributed by atoms with van der Waals surface area (Å²) in [5, 5.41) is 6.25. The van der Waals surface area contributed by atoms with Gasteiger partial charge in [-0.3, -0.25) is 5.32 Å². The van der Waals surface area contributed by atoms with Gasteiger partial charge in [-0.05, 0) is 37.3 Å². The summed E-state index contributed by atoms with van der Waals surface area (Å²) in [6.45, 7) is 1.92. The first-order chi connectivity index (χ1) is 12.8. The SMILES string of the molecule is Cc1nc2ccc3nc(NC(=O)Nc4cccc(C(F)(F)F)c4)sc3c2s1. The standard InChI is InChI=1S/C17H11F3N4OS2/c1-8-21-11-5-6-12-14(13(11)26-8)27-16(23-12)24-15(25)22-10-4-2-3-9(7-10)17(18,19)20/h2-7H,1H3,(H2,22,23,24,25). The number of rotatable bonds is 2. The highest BCUT2D eigenvalue weighted by Crippen LogP contribution is 2.36. The van der Waals surface area contributed by atoms with Gasteiger partial charge in [-0.25, -0.2) is 14.8 Å². The zero-order chi connectivity index (χ0) is 19.2. The molecule has 0 aliphatic heterocycles. The third kappa shape index (κ3) is 3.58. The average Bonchev–Trinajstić information content (AvgIpc) is 3.15. The zero-order valence-corrected chi connectivity index (χ0v) is 15.4. The van der Waals surface area contributed by atoms with Gasteiger partial charge in [-0.1, -0.05) is 17.4 Å². The van der Waals surface area contributed by atoms with E-state index in [1.54, 1.807) is 11.3 Å². The van der Waals surface area contributed by atoms with Gasteiger partial charge in [0.2, 0.25) is 0 Å². The molecule has 0 radical (unpaired) electrons. The molecule has 0 atom stereocenters. The predicted molar refractivity (Wildman–Crippen MR) is 102 cm³/mol. The van der Waals surface area contributed by atoms with Crippen molar-refractivity contribution in [3.63, 3.8) is 0 Å². The van der Waals surface area contributed by atoms with Gasteiger partial charge in [0, 0.05) is 5.69 Å². The lowest BCUT2D eigenvalue weighted by Gasteiger charge is -2.09. The van der Waals surface area contributed by atoms with Crippen LogP contribution in [-0.2, 0) is 6.18 Å². The number of anilines is 2. The van der Waals surface area contributed by atoms with E-state index in [1.165, 1.54) is 23.5 Å². The van der Waals surface area contributed by atoms with Crippen LogP contribution in [0.1, 0.15) is 10.6 Å². The van der Waals surface area contributed by atoms with Crippen molar-refractivity contribution in [2.45, 2.75) is 13.1 Å². The minimum absolute atomic E-state index is 0.0453. The van der Waals surface area contributed by atoms with Gasteiger partial charge in [-0.2, -0.15) is 13.2 Å². The summed E-state index contributed by atoms with van der Waals surface area (Å²) in [6.07, 6.45) is -4.47. The van der Waals surface area contributed by atoms with E-state index < -0.39 is 17.8 Å². The first-order valence-corrected chi connectivity index (χ1v) is 9.35. The lowest BCUT2D eigenvalue weighted by atomic mass is 10.2. The normalized spacial score (nSPS) is 11.9. The molecule has 0 bridgehead atoms. The molecule has 0 aliphatic rings. The molecule has 2 aromatic heterocycles. The Morgan fingerprint density at radius 2 is 1.70 bits per heavy atom. The van der Waals surface area contributed by atoms with Gasteiger partial charge < -0.3 is 5.32 Å². The molecular weight excluding hydrogens is 397 g/mol. The first-order valence-electron chi connectivity index (χ1n) is 7.71. The molecule has 2 N–H and O–H groups in total. The van der Waals surface area contributed by atoms with Crippen molar-refractivity contribution < 1.29 is 18.0 Å². The van der Waals surface area contributed by atoms with Crippen LogP contribution in [0.15, 0.2) is 36.4 Å². The Hall–Kier alpha value is -2.72. The molecule has 0 unspecified atom stereocenters. The molecule has 27 heavy (non-hydrogen) atoms. The summed E-state index contributed by atoms with van der Waals surface area (Å²) >= 11 is 2.84. The first kappa shape index (κ1) is 17.7. The highest BCUT2D eigenvalue weighted by atomic mass is 32.1. The van der Waals surface area contributed by atoms with Crippen molar-refractivity contribution in [2.24, 2.45) is 0 Å². The van der Waals surface area contributed by atoms with E-state index >= 15 is 0 Å². The van der Waals surface area contributed by atoms with E-state index in [-0.39, 0.29) is 5.69 Å². The second-order valence-electron chi connectivity index (χ2n) is 5.67. The smallest absolute Gasteiger partial charge is 0.308 e. The molecule has 0 aliphatic carbocycles. The molecule has 2 aromatic carbocycles. The number of amides is 2. The number of hydrogen-bond acceptors (Lipinski definition) is 5. The number of thiazole rings is 2. The Morgan fingerprint density at radius 1 is 1.00 bits per heavy atom. The third-order valence-corrected chi connectivity index (χ3v) is 5.82. The molecule has 138 valence electrons. The van der Waals surface area contributed by atoms with Crippen molar-refractivity contribution in [1.29, 1.82) is 0 Å². The van der Waals surface area contributed by atoms with E-state index in [1.807, 2.05) is 19.1 Å². The van der Waals surface area contributed by atoms with Gasteiger partial charge in [-0.15, -0.1) is 11.3 Å². The highest BCUT2D eigenvalue weighted by molar-refractivity contribution is 7.28. The number of fused-ring (bicyclic) bond motifs is 3. The number of alkyl halides is 3. The van der Waals surface area contributed by atoms with Gasteiger partial charge >= 0.3 is 12.2 Å². The molecule has 4 aromatic rings. The Morgan fingerprint density at radius 3 is 2.44 bits per heavy atom. The number of aryl methyl sites for hydroxylation is 1. The molecule has 0 fully saturated rings. The monoisotopic (exact) mass is 408 g/mol. The second-order valence-corrected chi connectivity index (χ2v) is 7.87. The summed E-state index contributed by atoms with van der Waals surface area (Å²) in [5.74, 6) is 0. The number of benzene rings is 2. The van der Waals surface area contributed by atoms with E-state index in [0.29, 0.717) is 5.13 Å². The number of halogens is 3. The number of carbonyl (C=O) groups is 1. The van der Waals surface area contributed by atoms with Crippen LogP contribution in [-0.4, -0.2) is 16.0 Å². The molecule has 2 amide bonds. The molecule has 10 heteroatoms. The number of carbonyl (C=O) groups excluding carboxylic acids is 1. The number of aromatic nitrogens is 2. The van der Waals surface area contributed by atoms with Gasteiger partial charge in [0.05, 0.1) is 31.0 Å². The van der Waals surface area contributed by atoms with Crippen molar-refractivity contribution in [3.05, 3.63) is 47.0 Å². The van der Waals surface area contributed by atoms with Crippen LogP contribution in [0.4, 0.5) is 28.8 Å². The van der Waals surface area contributed by atoms with Crippen LogP contribution in [0, 0.1) is 6.92 Å². The number of nitrogens with zero attached hydrogens (tertiary/aromatic N) is 2. The maximum Gasteiger partial charge on any atom is 0.416 e. The molecule has 2 heterocycles. The summed E-state index contributed by atoms with van der Waals surface area (Å²) in [4.78, 5) is 20.9. The Labute approximate surface area is 158 Å². The van der Waals surface area contributed by atoms with Gasteiger partial charge in [0.15, 0.2) is 5.13 Å². The van der Waals surface area contributed by atoms with Crippen LogP contribution < -0.4 is 10.6 Å². The minimum Gasteiger partial charge on any atom is -0.308 e. The van der Waals surface area contributed by atoms with E-state index in [4.69, 9.17) is 0 Å². The summed E-state index contributed by atoms with van der Waals surface area (Å²) in [6, 6.07) is 7.47. The zero-order valence-electron chi connectivity index (χ0n) is 13.7. The van der Waals surface area contributed by atoms with E-state index in [2.05, 4.69) is 20.6 Å². The van der Waals surface area contributed by atoms with E-state index in [9.17, 15) is 18.0 Å². The molecule has 4 rings (SSSR count). The predicted octanol–water partition coefficient (Wildman–Crippen LogP) is 5.88. The van der Waals surface area contributed by atoms with E-state index in [0.717, 1.165) is 37.6 Å². The fourth-order valence-corrected chi connectivity index (χ4v) is 4.57. The third-order valence-electron chi connectivity index (χ3n) is 3.69. The van der Waals surface area contributed by atoms with Crippen LogP contribution >= 0.6 is 22.7 Å². The van der Waals surface area contributed by atoms with Crippen molar-refractivity contribution in [3.8, 4) is 0 Å².